The summed E-state index contributed by atoms with van der Waals surface area (Å²) in [5.41, 5.74) is 2.02. The number of aliphatic hydroxyl groups excluding tert-OH is 9. The number of nitrogens with one attached hydrogen (secondary N) is 1. The summed E-state index contributed by atoms with van der Waals surface area (Å²) in [5.74, 6) is 4.88. The Morgan fingerprint density at radius 1 is 0.694 bits per heavy atom. The zero-order chi connectivity index (χ0) is 44.2. The zero-order valence-electron chi connectivity index (χ0n) is 37.0. The molecule has 1 spiro atoms. The van der Waals surface area contributed by atoms with Crippen LogP contribution in [0.15, 0.2) is 11.6 Å². The Morgan fingerprint density at radius 3 is 2.05 bits per heavy atom. The summed E-state index contributed by atoms with van der Waals surface area (Å²) in [6.45, 7) is 11.3. The first-order valence-corrected chi connectivity index (χ1v) is 23.8. The van der Waals surface area contributed by atoms with Crippen LogP contribution in [-0.2, 0) is 28.4 Å². The van der Waals surface area contributed by atoms with Gasteiger partial charge in [0.05, 0.1) is 25.4 Å². The Morgan fingerprint density at radius 2 is 1.35 bits per heavy atom. The second-order valence-corrected chi connectivity index (χ2v) is 21.8. The van der Waals surface area contributed by atoms with Crippen molar-refractivity contribution >= 4 is 0 Å². The van der Waals surface area contributed by atoms with E-state index in [2.05, 4.69) is 39.1 Å². The highest BCUT2D eigenvalue weighted by molar-refractivity contribution is 5.27. The predicted molar refractivity (Wildman–Crippen MR) is 219 cm³/mol. The fourth-order valence-electron chi connectivity index (χ4n) is 15.0. The molecule has 9 aliphatic rings. The molecular weight excluding hydrogens is 806 g/mol. The van der Waals surface area contributed by atoms with E-state index in [1.54, 1.807) is 0 Å². The number of fused-ring (bicyclic) bond motifs is 7. The number of hydrogen-bond acceptors (Lipinski definition) is 16. The molecule has 4 saturated carbocycles. The third-order valence-corrected chi connectivity index (χ3v) is 18.6. The number of allylic oxidation sites excluding steroid dienone is 1. The average Bonchev–Trinajstić information content (AvgIpc) is 3.70. The molecule has 0 radical (unpaired) electrons. The predicted octanol–water partition coefficient (Wildman–Crippen LogP) is 0.451. The minimum atomic E-state index is -1.83. The first kappa shape index (κ1) is 46.2. The van der Waals surface area contributed by atoms with E-state index < -0.39 is 105 Å². The number of piperidine rings is 1. The van der Waals surface area contributed by atoms with Gasteiger partial charge in [0.15, 0.2) is 18.9 Å². The van der Waals surface area contributed by atoms with Crippen molar-refractivity contribution in [3.63, 3.8) is 0 Å². The molecule has 4 heterocycles. The van der Waals surface area contributed by atoms with Gasteiger partial charge in [-0.1, -0.05) is 39.3 Å². The molecule has 0 aromatic carbocycles. The van der Waals surface area contributed by atoms with Gasteiger partial charge in [-0.05, 0) is 130 Å². The van der Waals surface area contributed by atoms with E-state index in [9.17, 15) is 46.0 Å². The van der Waals surface area contributed by atoms with Crippen LogP contribution >= 0.6 is 0 Å². The molecule has 10 N–H and O–H groups in total. The monoisotopic (exact) mass is 882 g/mol. The molecular formula is C46H75NO15. The first-order chi connectivity index (χ1) is 29.4. The van der Waals surface area contributed by atoms with Crippen LogP contribution in [0.1, 0.15) is 98.8 Å². The number of hydrogen-bond donors (Lipinski definition) is 10. The molecule has 0 bridgehead atoms. The standard InChI is InChI=1S/C46H75NO15/c1-20-8-13-46(47-17-20)16-23-14-28-26-7-6-24-15-25(9-11-44(24,4)27(26)10-12-45(28,5)31(23)21(46)2)58-43-40(62-41-37(55)35(53)32(50)22(3)57-41)39(34(52)30(19-49)60-43)61-42-38(56)36(54)33(51)29(18-48)59-42/h6,20-23,25-43,47-56H,7-19H2,1-5H3/t20-,21+,22?,23?,25+,26?,27?,28?,29?,30?,31?,32+,33-,34+,35+,36+,37?,38?,39+,40?,41+,42+,43-,44+,45+,46-/m1/s1. The minimum absolute atomic E-state index is 0.00474. The molecule has 11 unspecified atom stereocenters. The van der Waals surface area contributed by atoms with E-state index in [0.29, 0.717) is 47.5 Å². The summed E-state index contributed by atoms with van der Waals surface area (Å²) in [6.07, 6.45) is -9.86. The fraction of sp³-hybridized carbons (Fsp3) is 0.957. The zero-order valence-corrected chi connectivity index (χ0v) is 37.0. The molecule has 354 valence electrons. The maximum absolute atomic E-state index is 11.6. The molecule has 8 fully saturated rings. The highest BCUT2D eigenvalue weighted by Gasteiger charge is 2.67. The lowest BCUT2D eigenvalue weighted by Crippen LogP contribution is -2.67. The fourth-order valence-corrected chi connectivity index (χ4v) is 15.0. The average molecular weight is 882 g/mol. The van der Waals surface area contributed by atoms with Crippen LogP contribution in [-0.4, -0.2) is 169 Å². The van der Waals surface area contributed by atoms with Gasteiger partial charge in [0, 0.05) is 5.54 Å². The third kappa shape index (κ3) is 7.50. The summed E-state index contributed by atoms with van der Waals surface area (Å²) in [6, 6.07) is 0. The van der Waals surface area contributed by atoms with Crippen molar-refractivity contribution in [2.45, 2.75) is 203 Å². The van der Waals surface area contributed by atoms with Gasteiger partial charge in [-0.2, -0.15) is 0 Å². The molecule has 4 aliphatic heterocycles. The largest absolute Gasteiger partial charge is 0.394 e. The van der Waals surface area contributed by atoms with Gasteiger partial charge in [0.1, 0.15) is 67.1 Å². The molecule has 16 heteroatoms. The Labute approximate surface area is 365 Å². The van der Waals surface area contributed by atoms with E-state index in [-0.39, 0.29) is 11.5 Å². The van der Waals surface area contributed by atoms with E-state index in [4.69, 9.17) is 28.4 Å². The van der Waals surface area contributed by atoms with Crippen molar-refractivity contribution in [3.05, 3.63) is 11.6 Å². The third-order valence-electron chi connectivity index (χ3n) is 18.6. The van der Waals surface area contributed by atoms with Crippen LogP contribution in [0, 0.1) is 52.3 Å². The SMILES string of the molecule is CC1O[C@@H](OC2[C@H](O[C@H]3CC[C@@]4(C)C(=CCC5C6CC7C[C@]8(CC[C@@H](C)CN8)[C@@H](C)C7[C@@]6(C)CCC54)C3)OC(CO)[C@H](O)[C@@H]2O[C@@H]2OC(CO)[C@@H](O)[C@H](O)C2O)C(O)[C@@H](O)[C@H]1O. The molecule has 4 saturated heterocycles. The Balaban J connectivity index is 0.940. The molecule has 0 aromatic heterocycles. The van der Waals surface area contributed by atoms with E-state index >= 15 is 0 Å². The van der Waals surface area contributed by atoms with Gasteiger partial charge < -0.3 is 79.7 Å². The molecule has 26 atom stereocenters. The van der Waals surface area contributed by atoms with Crippen LogP contribution in [0.3, 0.4) is 0 Å². The first-order valence-electron chi connectivity index (χ1n) is 23.8. The van der Waals surface area contributed by atoms with Crippen molar-refractivity contribution in [1.29, 1.82) is 0 Å². The summed E-state index contributed by atoms with van der Waals surface area (Å²) < 4.78 is 36.8. The normalized spacial score (nSPS) is 57.6. The lowest BCUT2D eigenvalue weighted by atomic mass is 9.46. The van der Waals surface area contributed by atoms with E-state index in [0.717, 1.165) is 37.1 Å². The maximum Gasteiger partial charge on any atom is 0.187 e. The summed E-state index contributed by atoms with van der Waals surface area (Å²) in [7, 11) is 0. The second kappa shape index (κ2) is 17.3. The highest BCUT2D eigenvalue weighted by Crippen LogP contribution is 2.72. The second-order valence-electron chi connectivity index (χ2n) is 21.8. The van der Waals surface area contributed by atoms with Crippen LogP contribution in [0.5, 0.6) is 0 Å². The van der Waals surface area contributed by atoms with E-state index in [1.807, 2.05) is 0 Å². The Bertz CT molecular complexity index is 1610. The molecule has 16 nitrogen and oxygen atoms in total. The molecule has 9 rings (SSSR count). The maximum atomic E-state index is 11.6. The van der Waals surface area contributed by atoms with Gasteiger partial charge in [-0.15, -0.1) is 0 Å². The van der Waals surface area contributed by atoms with Crippen molar-refractivity contribution in [2.24, 2.45) is 52.3 Å². The van der Waals surface area contributed by atoms with Crippen LogP contribution in [0.4, 0.5) is 0 Å². The van der Waals surface area contributed by atoms with Gasteiger partial charge in [0.2, 0.25) is 0 Å². The summed E-state index contributed by atoms with van der Waals surface area (Å²) >= 11 is 0. The lowest BCUT2D eigenvalue weighted by molar-refractivity contribution is -0.394. The van der Waals surface area contributed by atoms with Crippen LogP contribution in [0.25, 0.3) is 0 Å². The minimum Gasteiger partial charge on any atom is -0.394 e. The van der Waals surface area contributed by atoms with Crippen molar-refractivity contribution < 1.29 is 74.4 Å². The van der Waals surface area contributed by atoms with Crippen molar-refractivity contribution in [1.82, 2.24) is 5.32 Å². The molecule has 5 aliphatic carbocycles. The van der Waals surface area contributed by atoms with E-state index in [1.165, 1.54) is 51.0 Å². The number of aliphatic hydroxyl groups is 9. The van der Waals surface area contributed by atoms with Crippen molar-refractivity contribution in [3.8, 4) is 0 Å². The number of rotatable bonds is 8. The summed E-state index contributed by atoms with van der Waals surface area (Å²) in [5, 5.41) is 99.9. The van der Waals surface area contributed by atoms with Crippen molar-refractivity contribution in [2.75, 3.05) is 19.8 Å². The Kier molecular flexibility index (Phi) is 12.9. The topological polar surface area (TPSA) is 249 Å². The summed E-state index contributed by atoms with van der Waals surface area (Å²) in [4.78, 5) is 0. The van der Waals surface area contributed by atoms with Gasteiger partial charge in [-0.3, -0.25) is 0 Å². The lowest BCUT2D eigenvalue weighted by Gasteiger charge is -2.59. The molecule has 0 aromatic rings. The highest BCUT2D eigenvalue weighted by atomic mass is 16.8. The van der Waals surface area contributed by atoms with Gasteiger partial charge in [0.25, 0.3) is 0 Å². The van der Waals surface area contributed by atoms with Gasteiger partial charge in [-0.25, -0.2) is 0 Å². The Hall–Kier alpha value is -0.900. The smallest absolute Gasteiger partial charge is 0.187 e. The molecule has 0 amide bonds. The van der Waals surface area contributed by atoms with Crippen LogP contribution < -0.4 is 5.32 Å². The number of ether oxygens (including phenoxy) is 6. The van der Waals surface area contributed by atoms with Crippen LogP contribution in [0.2, 0.25) is 0 Å². The molecule has 62 heavy (non-hydrogen) atoms. The van der Waals surface area contributed by atoms with Gasteiger partial charge >= 0.3 is 0 Å². The quantitative estimate of drug-likeness (QED) is 0.149.